The van der Waals surface area contributed by atoms with Crippen LogP contribution in [0.3, 0.4) is 0 Å². The minimum Gasteiger partial charge on any atom is -0.354 e. The minimum atomic E-state index is -0.768. The van der Waals surface area contributed by atoms with Crippen LogP contribution in [0.25, 0.3) is 11.5 Å². The van der Waals surface area contributed by atoms with Crippen LogP contribution in [-0.2, 0) is 23.6 Å². The van der Waals surface area contributed by atoms with Gasteiger partial charge in [-0.25, -0.2) is 9.97 Å². The smallest absolute Gasteiger partial charge is 0.180 e. The second-order valence-electron chi connectivity index (χ2n) is 7.23. The highest BCUT2D eigenvalue weighted by atomic mass is 32.2. The summed E-state index contributed by atoms with van der Waals surface area (Å²) < 4.78 is 12.6. The highest BCUT2D eigenvalue weighted by Crippen LogP contribution is 2.35. The van der Waals surface area contributed by atoms with Crippen LogP contribution in [0.2, 0.25) is 0 Å². The Morgan fingerprint density at radius 3 is 2.77 bits per heavy atom. The van der Waals surface area contributed by atoms with Gasteiger partial charge in [0.15, 0.2) is 5.82 Å². The van der Waals surface area contributed by atoms with Crippen molar-refractivity contribution in [3.05, 3.63) is 35.7 Å². The Hall–Kier alpha value is -1.82. The lowest BCUT2D eigenvalue weighted by Gasteiger charge is -2.42. The van der Waals surface area contributed by atoms with Crippen molar-refractivity contribution in [2.45, 2.75) is 50.7 Å². The summed E-state index contributed by atoms with van der Waals surface area (Å²) >= 11 is 0. The molecule has 1 aliphatic heterocycles. The fraction of sp³-hybridized carbons (Fsp3) is 0.550. The van der Waals surface area contributed by atoms with Gasteiger partial charge in [0.05, 0.1) is 4.75 Å². The minimum absolute atomic E-state index is 0.125. The van der Waals surface area contributed by atoms with E-state index in [2.05, 4.69) is 23.7 Å². The molecule has 1 saturated heterocycles. The number of hydrogen-bond acceptors (Lipinski definition) is 5. The summed E-state index contributed by atoms with van der Waals surface area (Å²) in [7, 11) is -0.768. The van der Waals surface area contributed by atoms with Gasteiger partial charge < -0.3 is 4.90 Å². The molecule has 5 nitrogen and oxygen atoms in total. The number of hydrogen-bond donors (Lipinski definition) is 0. The lowest BCUT2D eigenvalue weighted by atomic mass is 10.0. The van der Waals surface area contributed by atoms with E-state index in [0.29, 0.717) is 5.82 Å². The monoisotopic (exact) mass is 370 g/mol. The van der Waals surface area contributed by atoms with Crippen LogP contribution >= 0.6 is 0 Å². The van der Waals surface area contributed by atoms with Gasteiger partial charge >= 0.3 is 0 Å². The van der Waals surface area contributed by atoms with Crippen molar-refractivity contribution in [2.24, 2.45) is 0 Å². The normalized spacial score (nSPS) is 21.6. The summed E-state index contributed by atoms with van der Waals surface area (Å²) in [4.78, 5) is 16.6. The molecule has 0 N–H and O–H groups in total. The molecular formula is C20H26N4OS. The Balaban J connectivity index is 1.76. The topological polar surface area (TPSA) is 59.0 Å². The molecule has 2 aliphatic rings. The van der Waals surface area contributed by atoms with Crippen molar-refractivity contribution in [1.29, 1.82) is 0 Å². The van der Waals surface area contributed by atoms with E-state index in [-0.39, 0.29) is 4.75 Å². The predicted molar refractivity (Wildman–Crippen MR) is 106 cm³/mol. The molecule has 2 aromatic heterocycles. The molecule has 1 unspecified atom stereocenters. The van der Waals surface area contributed by atoms with E-state index in [0.717, 1.165) is 62.5 Å². The summed E-state index contributed by atoms with van der Waals surface area (Å²) in [5.41, 5.74) is 3.28. The molecule has 0 bridgehead atoms. The first-order valence-corrected chi connectivity index (χ1v) is 10.9. The van der Waals surface area contributed by atoms with Crippen molar-refractivity contribution >= 4 is 16.6 Å². The summed E-state index contributed by atoms with van der Waals surface area (Å²) in [6.45, 7) is 5.94. The maximum Gasteiger partial charge on any atom is 0.180 e. The molecule has 6 heteroatoms. The summed E-state index contributed by atoms with van der Waals surface area (Å²) in [5.74, 6) is 2.49. The average molecular weight is 371 g/mol. The van der Waals surface area contributed by atoms with Crippen molar-refractivity contribution in [1.82, 2.24) is 15.0 Å². The maximum atomic E-state index is 12.7. The molecule has 138 valence electrons. The Morgan fingerprint density at radius 2 is 2.04 bits per heavy atom. The number of pyridine rings is 1. The molecule has 2 aromatic rings. The van der Waals surface area contributed by atoms with E-state index in [1.165, 1.54) is 11.3 Å². The van der Waals surface area contributed by atoms with Gasteiger partial charge in [0.1, 0.15) is 11.5 Å². The van der Waals surface area contributed by atoms with E-state index in [1.54, 1.807) is 6.20 Å². The number of nitrogens with zero attached hydrogens (tertiary/aromatic N) is 4. The third-order valence-corrected chi connectivity index (χ3v) is 8.13. The lowest BCUT2D eigenvalue weighted by molar-refractivity contribution is 0.494. The van der Waals surface area contributed by atoms with Crippen LogP contribution in [0.5, 0.6) is 0 Å². The van der Waals surface area contributed by atoms with Crippen LogP contribution in [0.15, 0.2) is 24.4 Å². The Morgan fingerprint density at radius 1 is 1.19 bits per heavy atom. The molecule has 1 atom stereocenters. The molecule has 0 spiro atoms. The SMILES string of the molecule is CCC1(CC)CN(c2nc(-c3ccccn3)nc3c2CCC3)CCS1=O. The zero-order valence-corrected chi connectivity index (χ0v) is 16.4. The summed E-state index contributed by atoms with van der Waals surface area (Å²) in [5, 5.41) is 0. The van der Waals surface area contributed by atoms with Crippen LogP contribution in [0.4, 0.5) is 5.82 Å². The third-order valence-electron chi connectivity index (χ3n) is 5.90. The number of aryl methyl sites for hydroxylation is 1. The maximum absolute atomic E-state index is 12.7. The molecule has 1 fully saturated rings. The molecule has 4 rings (SSSR count). The van der Waals surface area contributed by atoms with Gasteiger partial charge in [-0.3, -0.25) is 9.19 Å². The van der Waals surface area contributed by atoms with Crippen molar-refractivity contribution in [3.63, 3.8) is 0 Å². The highest BCUT2D eigenvalue weighted by Gasteiger charge is 2.40. The summed E-state index contributed by atoms with van der Waals surface area (Å²) in [6.07, 6.45) is 6.85. The zero-order chi connectivity index (χ0) is 18.1. The molecule has 0 aromatic carbocycles. The van der Waals surface area contributed by atoms with Crippen molar-refractivity contribution in [2.75, 3.05) is 23.7 Å². The van der Waals surface area contributed by atoms with Gasteiger partial charge in [0.2, 0.25) is 0 Å². The number of anilines is 1. The largest absolute Gasteiger partial charge is 0.354 e. The van der Waals surface area contributed by atoms with E-state index < -0.39 is 10.8 Å². The van der Waals surface area contributed by atoms with Gasteiger partial charge in [0, 0.05) is 47.1 Å². The third kappa shape index (κ3) is 2.94. The van der Waals surface area contributed by atoms with Crippen molar-refractivity contribution < 1.29 is 4.21 Å². The number of rotatable bonds is 4. The molecule has 1 aliphatic carbocycles. The molecular weight excluding hydrogens is 344 g/mol. The van der Waals surface area contributed by atoms with Gasteiger partial charge in [-0.15, -0.1) is 0 Å². The average Bonchev–Trinajstić information content (AvgIpc) is 3.17. The Kier molecular flexibility index (Phi) is 4.78. The molecule has 3 heterocycles. The Labute approximate surface area is 157 Å². The van der Waals surface area contributed by atoms with Gasteiger partial charge in [0.25, 0.3) is 0 Å². The molecule has 26 heavy (non-hydrogen) atoms. The van der Waals surface area contributed by atoms with Crippen LogP contribution in [0.1, 0.15) is 44.4 Å². The Bertz CT molecular complexity index is 820. The predicted octanol–water partition coefficient (Wildman–Crippen LogP) is 3.15. The molecule has 0 amide bonds. The van der Waals surface area contributed by atoms with Gasteiger partial charge in [-0.2, -0.15) is 0 Å². The summed E-state index contributed by atoms with van der Waals surface area (Å²) in [6, 6.07) is 5.85. The van der Waals surface area contributed by atoms with Gasteiger partial charge in [-0.05, 0) is 44.2 Å². The van der Waals surface area contributed by atoms with E-state index in [1.807, 2.05) is 18.2 Å². The van der Waals surface area contributed by atoms with Crippen molar-refractivity contribution in [3.8, 4) is 11.5 Å². The number of fused-ring (bicyclic) bond motifs is 1. The highest BCUT2D eigenvalue weighted by molar-refractivity contribution is 7.86. The fourth-order valence-electron chi connectivity index (χ4n) is 4.17. The van der Waals surface area contributed by atoms with E-state index >= 15 is 0 Å². The van der Waals surface area contributed by atoms with Crippen LogP contribution in [-0.4, -0.2) is 42.8 Å². The number of aromatic nitrogens is 3. The van der Waals surface area contributed by atoms with Gasteiger partial charge in [-0.1, -0.05) is 19.9 Å². The van der Waals surface area contributed by atoms with E-state index in [4.69, 9.17) is 9.97 Å². The second-order valence-corrected chi connectivity index (χ2v) is 9.19. The van der Waals surface area contributed by atoms with Crippen LogP contribution in [0, 0.1) is 0 Å². The first kappa shape index (κ1) is 17.6. The second kappa shape index (κ2) is 7.06. The van der Waals surface area contributed by atoms with Crippen LogP contribution < -0.4 is 4.90 Å². The molecule has 0 radical (unpaired) electrons. The quantitative estimate of drug-likeness (QED) is 0.827. The molecule has 0 saturated carbocycles. The van der Waals surface area contributed by atoms with E-state index in [9.17, 15) is 4.21 Å². The fourth-order valence-corrected chi connectivity index (χ4v) is 5.93. The first-order chi connectivity index (χ1) is 12.7. The first-order valence-electron chi connectivity index (χ1n) is 9.61. The zero-order valence-electron chi connectivity index (χ0n) is 15.6. The lowest BCUT2D eigenvalue weighted by Crippen LogP contribution is -2.53. The standard InChI is InChI=1S/C20H26N4OS/c1-3-20(4-2)14-24(12-13-26(20)25)19-15-8-7-10-16(15)22-18(23-19)17-9-5-6-11-21-17/h5-6,9,11H,3-4,7-8,10,12-14H2,1-2H3.